The number of hydrogen-bond acceptors (Lipinski definition) is 7. The lowest BCUT2D eigenvalue weighted by atomic mass is 10.1. The molecule has 2 aromatic rings. The van der Waals surface area contributed by atoms with E-state index in [1.807, 2.05) is 55.7 Å². The highest BCUT2D eigenvalue weighted by molar-refractivity contribution is 5.77. The summed E-state index contributed by atoms with van der Waals surface area (Å²) in [5.74, 6) is 1.54. The number of piperazine rings is 1. The molecule has 186 valence electrons. The van der Waals surface area contributed by atoms with Crippen molar-refractivity contribution in [2.75, 3.05) is 54.8 Å². The van der Waals surface area contributed by atoms with Crippen molar-refractivity contribution in [2.45, 2.75) is 40.7 Å². The molecule has 1 saturated heterocycles. The molecule has 3 N–H and O–H groups in total. The molecule has 10 heteroatoms. The summed E-state index contributed by atoms with van der Waals surface area (Å²) in [5.41, 5.74) is 5.57. The van der Waals surface area contributed by atoms with Gasteiger partial charge in [-0.05, 0) is 24.0 Å². The molecule has 1 aliphatic heterocycles. The molecule has 1 amide bonds. The summed E-state index contributed by atoms with van der Waals surface area (Å²) in [5, 5.41) is 0. The topological polar surface area (TPSA) is 121 Å². The van der Waals surface area contributed by atoms with Crippen LogP contribution in [0.25, 0.3) is 0 Å². The van der Waals surface area contributed by atoms with Crippen molar-refractivity contribution in [1.29, 1.82) is 0 Å². The number of amides is 1. The van der Waals surface area contributed by atoms with E-state index in [1.54, 1.807) is 6.20 Å². The van der Waals surface area contributed by atoms with Gasteiger partial charge in [0.05, 0.1) is 0 Å². The number of H-pyrrole nitrogens is 1. The van der Waals surface area contributed by atoms with E-state index in [0.717, 1.165) is 18.9 Å². The number of anilines is 3. The van der Waals surface area contributed by atoms with Crippen LogP contribution >= 0.6 is 0 Å². The predicted molar refractivity (Wildman–Crippen MR) is 135 cm³/mol. The van der Waals surface area contributed by atoms with E-state index in [0.29, 0.717) is 32.7 Å². The maximum atomic E-state index is 13.0. The van der Waals surface area contributed by atoms with Crippen LogP contribution < -0.4 is 26.8 Å². The molecule has 0 aromatic carbocycles. The van der Waals surface area contributed by atoms with Crippen LogP contribution in [0, 0.1) is 11.8 Å². The van der Waals surface area contributed by atoms with Crippen LogP contribution in [-0.2, 0) is 11.3 Å². The number of rotatable bonds is 9. The molecular formula is C24H37N7O3. The highest BCUT2D eigenvalue weighted by atomic mass is 16.2. The molecule has 0 atom stereocenters. The summed E-state index contributed by atoms with van der Waals surface area (Å²) in [4.78, 5) is 50.7. The summed E-state index contributed by atoms with van der Waals surface area (Å²) < 4.78 is 1.41. The fraction of sp³-hybridized carbons (Fsp3) is 0.583. The smallest absolute Gasteiger partial charge is 0.330 e. The fourth-order valence-corrected chi connectivity index (χ4v) is 4.28. The van der Waals surface area contributed by atoms with E-state index >= 15 is 0 Å². The van der Waals surface area contributed by atoms with E-state index in [-0.39, 0.29) is 35.7 Å². The molecule has 3 heterocycles. The molecule has 34 heavy (non-hydrogen) atoms. The number of hydrogen-bond donors (Lipinski definition) is 2. The van der Waals surface area contributed by atoms with Crippen molar-refractivity contribution in [2.24, 2.45) is 11.8 Å². The molecule has 1 aliphatic rings. The summed E-state index contributed by atoms with van der Waals surface area (Å²) in [6.07, 6.45) is 2.03. The number of aromatic amines is 1. The third-order valence-electron chi connectivity index (χ3n) is 5.86. The average Bonchev–Trinajstić information content (AvgIpc) is 2.80. The Bertz CT molecular complexity index is 1070. The van der Waals surface area contributed by atoms with Gasteiger partial charge in [-0.25, -0.2) is 9.78 Å². The largest absolute Gasteiger partial charge is 0.383 e. The summed E-state index contributed by atoms with van der Waals surface area (Å²) in [6.45, 7) is 12.1. The number of nitrogen functional groups attached to an aromatic ring is 1. The second-order valence-corrected chi connectivity index (χ2v) is 9.64. The van der Waals surface area contributed by atoms with Gasteiger partial charge in [-0.3, -0.25) is 19.1 Å². The zero-order chi connectivity index (χ0) is 24.8. The third-order valence-corrected chi connectivity index (χ3v) is 5.86. The average molecular weight is 472 g/mol. The Balaban J connectivity index is 1.70. The van der Waals surface area contributed by atoms with Crippen molar-refractivity contribution in [1.82, 2.24) is 19.4 Å². The van der Waals surface area contributed by atoms with Crippen molar-refractivity contribution in [3.05, 3.63) is 45.2 Å². The van der Waals surface area contributed by atoms with Crippen LogP contribution in [0.4, 0.5) is 17.3 Å². The summed E-state index contributed by atoms with van der Waals surface area (Å²) >= 11 is 0. The highest BCUT2D eigenvalue weighted by Gasteiger charge is 2.24. The summed E-state index contributed by atoms with van der Waals surface area (Å²) in [7, 11) is 0. The number of carbonyl (C=O) groups is 1. The first-order valence-electron chi connectivity index (χ1n) is 12.0. The van der Waals surface area contributed by atoms with Crippen LogP contribution in [0.1, 0.15) is 34.1 Å². The highest BCUT2D eigenvalue weighted by Crippen LogP contribution is 2.20. The van der Waals surface area contributed by atoms with Gasteiger partial charge < -0.3 is 20.4 Å². The molecule has 0 unspecified atom stereocenters. The summed E-state index contributed by atoms with van der Waals surface area (Å²) in [6, 6.07) is 5.82. The van der Waals surface area contributed by atoms with Gasteiger partial charge in [-0.1, -0.05) is 33.8 Å². The normalized spacial score (nSPS) is 14.2. The van der Waals surface area contributed by atoms with Gasteiger partial charge in [-0.15, -0.1) is 0 Å². The van der Waals surface area contributed by atoms with E-state index in [2.05, 4.69) is 14.9 Å². The fourth-order valence-electron chi connectivity index (χ4n) is 4.28. The number of nitrogens with zero attached hydrogens (tertiary/aromatic N) is 5. The first-order valence-corrected chi connectivity index (χ1v) is 12.0. The van der Waals surface area contributed by atoms with Gasteiger partial charge in [0, 0.05) is 58.4 Å². The van der Waals surface area contributed by atoms with Crippen molar-refractivity contribution in [3.63, 3.8) is 0 Å². The second kappa shape index (κ2) is 11.2. The quantitative estimate of drug-likeness (QED) is 0.567. The van der Waals surface area contributed by atoms with Crippen LogP contribution in [0.3, 0.4) is 0 Å². The van der Waals surface area contributed by atoms with E-state index in [1.165, 1.54) is 4.57 Å². The Kier molecular flexibility index (Phi) is 8.36. The standard InChI is InChI=1S/C24H37N7O3/c1-17(2)15-30(21-22(25)31(16-18(3)4)24(34)27-23(21)33)10-8-20(32)29-13-11-28(12-14-29)19-7-5-6-9-26-19/h5-7,9,17-18H,8,10-16,25H2,1-4H3,(H,27,33,34). The van der Waals surface area contributed by atoms with Crippen molar-refractivity contribution < 1.29 is 4.79 Å². The van der Waals surface area contributed by atoms with Gasteiger partial charge >= 0.3 is 5.69 Å². The molecule has 0 aliphatic carbocycles. The minimum absolute atomic E-state index is 0.0416. The van der Waals surface area contributed by atoms with Gasteiger partial charge in [-0.2, -0.15) is 0 Å². The minimum atomic E-state index is -0.514. The SMILES string of the molecule is CC(C)CN(CCC(=O)N1CCN(c2ccccn2)CC1)c1c(N)n(CC(C)C)c(=O)[nH]c1=O. The van der Waals surface area contributed by atoms with Gasteiger partial charge in [0.1, 0.15) is 17.3 Å². The first kappa shape index (κ1) is 25.3. The molecule has 0 saturated carbocycles. The molecular weight excluding hydrogens is 434 g/mol. The Morgan fingerprint density at radius 1 is 1.12 bits per heavy atom. The Hall–Kier alpha value is -3.30. The molecule has 0 spiro atoms. The molecule has 3 rings (SSSR count). The molecule has 1 fully saturated rings. The third kappa shape index (κ3) is 6.18. The van der Waals surface area contributed by atoms with Crippen molar-refractivity contribution >= 4 is 23.2 Å². The number of pyridine rings is 1. The van der Waals surface area contributed by atoms with Gasteiger partial charge in [0.2, 0.25) is 5.91 Å². The first-order chi connectivity index (χ1) is 16.2. The second-order valence-electron chi connectivity index (χ2n) is 9.64. The molecule has 2 aromatic heterocycles. The van der Waals surface area contributed by atoms with Crippen LogP contribution in [0.15, 0.2) is 34.0 Å². The number of aromatic nitrogens is 3. The molecule has 0 radical (unpaired) electrons. The monoisotopic (exact) mass is 471 g/mol. The van der Waals surface area contributed by atoms with Crippen LogP contribution in [0.2, 0.25) is 0 Å². The lowest BCUT2D eigenvalue weighted by molar-refractivity contribution is -0.131. The maximum absolute atomic E-state index is 13.0. The van der Waals surface area contributed by atoms with Gasteiger partial charge in [0.15, 0.2) is 0 Å². The Morgan fingerprint density at radius 2 is 1.82 bits per heavy atom. The zero-order valence-electron chi connectivity index (χ0n) is 20.7. The lowest BCUT2D eigenvalue weighted by Crippen LogP contribution is -2.49. The number of nitrogens with two attached hydrogens (primary N) is 1. The number of nitrogens with one attached hydrogen (secondary N) is 1. The minimum Gasteiger partial charge on any atom is -0.383 e. The molecule has 10 nitrogen and oxygen atoms in total. The van der Waals surface area contributed by atoms with E-state index in [9.17, 15) is 14.4 Å². The Labute approximate surface area is 200 Å². The molecule has 0 bridgehead atoms. The van der Waals surface area contributed by atoms with Crippen LogP contribution in [-0.4, -0.2) is 64.6 Å². The van der Waals surface area contributed by atoms with Crippen LogP contribution in [0.5, 0.6) is 0 Å². The lowest BCUT2D eigenvalue weighted by Gasteiger charge is -2.36. The van der Waals surface area contributed by atoms with E-state index < -0.39 is 11.2 Å². The zero-order valence-corrected chi connectivity index (χ0v) is 20.7. The maximum Gasteiger partial charge on any atom is 0.330 e. The number of carbonyl (C=O) groups excluding carboxylic acids is 1. The van der Waals surface area contributed by atoms with Crippen molar-refractivity contribution in [3.8, 4) is 0 Å². The predicted octanol–water partition coefficient (Wildman–Crippen LogP) is 1.37. The van der Waals surface area contributed by atoms with E-state index in [4.69, 9.17) is 5.73 Å². The Morgan fingerprint density at radius 3 is 2.41 bits per heavy atom. The van der Waals surface area contributed by atoms with Gasteiger partial charge in [0.25, 0.3) is 5.56 Å².